The van der Waals surface area contributed by atoms with Gasteiger partial charge in [-0.1, -0.05) is 0 Å². The largest absolute Gasteiger partial charge is 0.353 e. The minimum Gasteiger partial charge on any atom is -0.353 e. The van der Waals surface area contributed by atoms with Gasteiger partial charge in [0.05, 0.1) is 0 Å². The number of aromatic nitrogens is 2. The molecule has 1 N–H and O–H groups in total. The van der Waals surface area contributed by atoms with Crippen molar-refractivity contribution in [2.75, 3.05) is 27.2 Å². The van der Waals surface area contributed by atoms with Crippen LogP contribution in [0.4, 0.5) is 8.78 Å². The maximum Gasteiger partial charge on any atom is 0.280 e. The van der Waals surface area contributed by atoms with Gasteiger partial charge in [-0.2, -0.15) is 5.10 Å². The summed E-state index contributed by atoms with van der Waals surface area (Å²) in [7, 11) is 3.70. The lowest BCUT2D eigenvalue weighted by Crippen LogP contribution is -2.34. The van der Waals surface area contributed by atoms with Crippen molar-refractivity contribution in [2.45, 2.75) is 13.0 Å². The Kier molecular flexibility index (Phi) is 5.56. The van der Waals surface area contributed by atoms with Crippen LogP contribution in [0.25, 0.3) is 0 Å². The topological polar surface area (TPSA) is 67.2 Å². The number of nitrogens with zero attached hydrogens (tertiary/aromatic N) is 3. The molecule has 0 aliphatic rings. The van der Waals surface area contributed by atoms with E-state index in [-0.39, 0.29) is 12.2 Å². The molecular weight excluding hydrogens is 258 g/mol. The normalized spacial score (nSPS) is 11.1. The lowest BCUT2D eigenvalue weighted by Gasteiger charge is -2.11. The quantitative estimate of drug-likeness (QED) is 0.727. The first-order valence-electron chi connectivity index (χ1n) is 5.66. The van der Waals surface area contributed by atoms with E-state index in [2.05, 4.69) is 10.4 Å². The molecule has 0 aromatic carbocycles. The standard InChI is InChI=1S/C11H16F2N4O2/c1-16(2)4-3-14-10(19)6-17-9(11(12)13)5-8(7-18)15-17/h5,7,11H,3-4,6H2,1-2H3,(H,14,19). The van der Waals surface area contributed by atoms with Crippen LogP contribution in [-0.4, -0.2) is 54.1 Å². The van der Waals surface area contributed by atoms with Gasteiger partial charge < -0.3 is 10.2 Å². The zero-order chi connectivity index (χ0) is 14.4. The second kappa shape index (κ2) is 6.93. The average Bonchev–Trinajstić information content (AvgIpc) is 2.71. The SMILES string of the molecule is CN(C)CCNC(=O)Cn1nc(C=O)cc1C(F)F. The minimum absolute atomic E-state index is 0.114. The molecule has 1 heterocycles. The van der Waals surface area contributed by atoms with Gasteiger partial charge in [0.1, 0.15) is 17.9 Å². The van der Waals surface area contributed by atoms with E-state index in [0.29, 0.717) is 19.4 Å². The molecule has 0 aliphatic carbocycles. The Balaban J connectivity index is 2.62. The molecular formula is C11H16F2N4O2. The van der Waals surface area contributed by atoms with E-state index in [1.54, 1.807) is 0 Å². The van der Waals surface area contributed by atoms with Gasteiger partial charge in [0, 0.05) is 13.1 Å². The molecule has 0 radical (unpaired) electrons. The van der Waals surface area contributed by atoms with Crippen molar-refractivity contribution < 1.29 is 18.4 Å². The molecule has 0 atom stereocenters. The highest BCUT2D eigenvalue weighted by Gasteiger charge is 2.18. The Bertz CT molecular complexity index is 446. The number of amides is 1. The fraction of sp³-hybridized carbons (Fsp3) is 0.545. The van der Waals surface area contributed by atoms with Crippen LogP contribution in [0.5, 0.6) is 0 Å². The van der Waals surface area contributed by atoms with Gasteiger partial charge in [-0.3, -0.25) is 14.3 Å². The second-order valence-electron chi connectivity index (χ2n) is 4.22. The van der Waals surface area contributed by atoms with Crippen molar-refractivity contribution in [2.24, 2.45) is 0 Å². The first-order valence-corrected chi connectivity index (χ1v) is 5.66. The van der Waals surface area contributed by atoms with Gasteiger partial charge >= 0.3 is 0 Å². The molecule has 1 aromatic heterocycles. The van der Waals surface area contributed by atoms with Gasteiger partial charge in [-0.15, -0.1) is 0 Å². The highest BCUT2D eigenvalue weighted by molar-refractivity contribution is 5.76. The molecule has 0 bridgehead atoms. The molecule has 106 valence electrons. The molecule has 0 unspecified atom stereocenters. The predicted octanol–water partition coefficient (Wildman–Crippen LogP) is 0.311. The van der Waals surface area contributed by atoms with E-state index < -0.39 is 18.0 Å². The number of aldehydes is 1. The monoisotopic (exact) mass is 274 g/mol. The third kappa shape index (κ3) is 4.74. The third-order valence-corrected chi connectivity index (χ3v) is 2.35. The van der Waals surface area contributed by atoms with E-state index in [0.717, 1.165) is 10.7 Å². The lowest BCUT2D eigenvalue weighted by atomic mass is 10.4. The first kappa shape index (κ1) is 15.2. The maximum atomic E-state index is 12.7. The highest BCUT2D eigenvalue weighted by atomic mass is 19.3. The summed E-state index contributed by atoms with van der Waals surface area (Å²) in [5.74, 6) is -0.427. The number of halogens is 2. The molecule has 1 rings (SSSR count). The number of hydrogen-bond donors (Lipinski definition) is 1. The third-order valence-electron chi connectivity index (χ3n) is 2.35. The summed E-state index contributed by atoms with van der Waals surface area (Å²) in [6.07, 6.45) is -2.41. The summed E-state index contributed by atoms with van der Waals surface area (Å²) < 4.78 is 26.2. The molecule has 0 saturated carbocycles. The maximum absolute atomic E-state index is 12.7. The van der Waals surface area contributed by atoms with Crippen LogP contribution in [0.3, 0.4) is 0 Å². The Morgan fingerprint density at radius 3 is 2.79 bits per heavy atom. The summed E-state index contributed by atoms with van der Waals surface area (Å²) in [6, 6.07) is 0.977. The second-order valence-corrected chi connectivity index (χ2v) is 4.22. The number of carbonyl (C=O) groups excluding carboxylic acids is 2. The van der Waals surface area contributed by atoms with Crippen LogP contribution in [0.2, 0.25) is 0 Å². The van der Waals surface area contributed by atoms with E-state index in [1.807, 2.05) is 19.0 Å². The fourth-order valence-corrected chi connectivity index (χ4v) is 1.42. The van der Waals surface area contributed by atoms with Gasteiger partial charge in [-0.25, -0.2) is 8.78 Å². The van der Waals surface area contributed by atoms with Crippen LogP contribution in [0.1, 0.15) is 22.6 Å². The first-order chi connectivity index (χ1) is 8.93. The van der Waals surface area contributed by atoms with Gasteiger partial charge in [0.2, 0.25) is 5.91 Å². The van der Waals surface area contributed by atoms with E-state index in [9.17, 15) is 18.4 Å². The highest BCUT2D eigenvalue weighted by Crippen LogP contribution is 2.19. The zero-order valence-corrected chi connectivity index (χ0v) is 10.8. The Hall–Kier alpha value is -1.83. The summed E-state index contributed by atoms with van der Waals surface area (Å²) >= 11 is 0. The van der Waals surface area contributed by atoms with E-state index in [4.69, 9.17) is 0 Å². The van der Waals surface area contributed by atoms with Crippen LogP contribution in [0, 0.1) is 0 Å². The van der Waals surface area contributed by atoms with Crippen molar-refractivity contribution in [1.82, 2.24) is 20.0 Å². The van der Waals surface area contributed by atoms with Crippen molar-refractivity contribution in [3.05, 3.63) is 17.5 Å². The number of likely N-dealkylation sites (N-methyl/N-ethyl adjacent to an activating group) is 1. The predicted molar refractivity (Wildman–Crippen MR) is 64.1 cm³/mol. The zero-order valence-electron chi connectivity index (χ0n) is 10.8. The molecule has 0 fully saturated rings. The van der Waals surface area contributed by atoms with Gasteiger partial charge in [0.15, 0.2) is 6.29 Å². The number of nitrogens with one attached hydrogen (secondary N) is 1. The number of hydrogen-bond acceptors (Lipinski definition) is 4. The molecule has 0 saturated heterocycles. The Labute approximate surface area is 109 Å². The smallest absolute Gasteiger partial charge is 0.280 e. The van der Waals surface area contributed by atoms with Crippen LogP contribution < -0.4 is 5.32 Å². The van der Waals surface area contributed by atoms with Crippen molar-refractivity contribution in [3.63, 3.8) is 0 Å². The fourth-order valence-electron chi connectivity index (χ4n) is 1.42. The van der Waals surface area contributed by atoms with Crippen molar-refractivity contribution in [1.29, 1.82) is 0 Å². The summed E-state index contributed by atoms with van der Waals surface area (Å²) in [5.41, 5.74) is -0.554. The molecule has 0 spiro atoms. The van der Waals surface area contributed by atoms with Gasteiger partial charge in [-0.05, 0) is 20.2 Å². The molecule has 8 heteroatoms. The molecule has 1 amide bonds. The van der Waals surface area contributed by atoms with E-state index >= 15 is 0 Å². The number of rotatable bonds is 7. The molecule has 6 nitrogen and oxygen atoms in total. The Morgan fingerprint density at radius 2 is 2.26 bits per heavy atom. The van der Waals surface area contributed by atoms with Crippen molar-refractivity contribution >= 4 is 12.2 Å². The van der Waals surface area contributed by atoms with Crippen LogP contribution in [-0.2, 0) is 11.3 Å². The molecule has 19 heavy (non-hydrogen) atoms. The molecule has 0 aliphatic heterocycles. The summed E-state index contributed by atoms with van der Waals surface area (Å²) in [4.78, 5) is 23.9. The molecule has 1 aromatic rings. The lowest BCUT2D eigenvalue weighted by molar-refractivity contribution is -0.121. The van der Waals surface area contributed by atoms with Crippen LogP contribution in [0.15, 0.2) is 6.07 Å². The van der Waals surface area contributed by atoms with Crippen LogP contribution >= 0.6 is 0 Å². The number of alkyl halides is 2. The van der Waals surface area contributed by atoms with E-state index in [1.165, 1.54) is 0 Å². The van der Waals surface area contributed by atoms with Crippen molar-refractivity contribution in [3.8, 4) is 0 Å². The summed E-state index contributed by atoms with van der Waals surface area (Å²) in [6.45, 7) is 0.727. The Morgan fingerprint density at radius 1 is 1.58 bits per heavy atom. The average molecular weight is 274 g/mol. The minimum atomic E-state index is -2.78. The van der Waals surface area contributed by atoms with Gasteiger partial charge in [0.25, 0.3) is 6.43 Å². The number of carbonyl (C=O) groups is 2. The summed E-state index contributed by atoms with van der Waals surface area (Å²) in [5, 5.41) is 6.21.